The first-order valence-electron chi connectivity index (χ1n) is 7.47. The molecule has 0 radical (unpaired) electrons. The summed E-state index contributed by atoms with van der Waals surface area (Å²) < 4.78 is 1.51. The molecule has 7 heteroatoms. The van der Waals surface area contributed by atoms with Crippen LogP contribution in [0.3, 0.4) is 0 Å². The molecule has 1 aromatic heterocycles. The molecule has 0 bridgehead atoms. The van der Waals surface area contributed by atoms with Crippen LogP contribution in [-0.2, 0) is 6.54 Å². The number of rotatable bonds is 4. The van der Waals surface area contributed by atoms with Crippen LogP contribution in [-0.4, -0.2) is 27.8 Å². The summed E-state index contributed by atoms with van der Waals surface area (Å²) in [5.74, 6) is -0.592. The molecular formula is C14H23N5O2. The average Bonchev–Trinajstić information content (AvgIpc) is 2.76. The lowest BCUT2D eigenvalue weighted by atomic mass is 9.96. The third kappa shape index (κ3) is 3.53. The smallest absolute Gasteiger partial charge is 0.319 e. The molecule has 4 N–H and O–H groups in total. The second kappa shape index (κ2) is 6.60. The molecule has 1 aliphatic rings. The number of primary amides is 1. The maximum absolute atomic E-state index is 12.1. The minimum absolute atomic E-state index is 0.206. The highest BCUT2D eigenvalue weighted by atomic mass is 16.2. The molecule has 0 spiro atoms. The number of nitrogens with two attached hydrogens (primary N) is 1. The third-order valence-electron chi connectivity index (χ3n) is 3.84. The van der Waals surface area contributed by atoms with Crippen LogP contribution in [0.5, 0.6) is 0 Å². The van der Waals surface area contributed by atoms with Crippen LogP contribution in [0.15, 0.2) is 0 Å². The van der Waals surface area contributed by atoms with Crippen molar-refractivity contribution >= 4 is 17.6 Å². The fraction of sp³-hybridized carbons (Fsp3) is 0.643. The van der Waals surface area contributed by atoms with Gasteiger partial charge >= 0.3 is 6.03 Å². The van der Waals surface area contributed by atoms with Crippen molar-refractivity contribution in [3.05, 3.63) is 11.4 Å². The zero-order valence-corrected chi connectivity index (χ0v) is 12.6. The summed E-state index contributed by atoms with van der Waals surface area (Å²) in [6.45, 7) is 4.13. The highest BCUT2D eigenvalue weighted by Gasteiger charge is 2.22. The molecule has 1 saturated carbocycles. The number of hydrogen-bond donors (Lipinski definition) is 3. The molecule has 0 atom stereocenters. The van der Waals surface area contributed by atoms with Crippen molar-refractivity contribution in [3.63, 3.8) is 0 Å². The first-order chi connectivity index (χ1) is 10.0. The van der Waals surface area contributed by atoms with Gasteiger partial charge in [0.15, 0.2) is 0 Å². The summed E-state index contributed by atoms with van der Waals surface area (Å²) in [6, 6.07) is -0.0968. The molecule has 0 aromatic carbocycles. The van der Waals surface area contributed by atoms with Crippen LogP contribution in [0.25, 0.3) is 0 Å². The van der Waals surface area contributed by atoms with Crippen molar-refractivity contribution in [3.8, 4) is 0 Å². The van der Waals surface area contributed by atoms with E-state index < -0.39 is 5.91 Å². The number of hydrogen-bond acceptors (Lipinski definition) is 3. The Hall–Kier alpha value is -2.05. The highest BCUT2D eigenvalue weighted by molar-refractivity contribution is 6.02. The number of nitrogens with zero attached hydrogens (tertiary/aromatic N) is 2. The number of urea groups is 1. The number of aryl methyl sites for hydroxylation is 2. The Kier molecular flexibility index (Phi) is 4.82. The summed E-state index contributed by atoms with van der Waals surface area (Å²) in [7, 11) is 0. The van der Waals surface area contributed by atoms with E-state index in [0.29, 0.717) is 17.9 Å². The fourth-order valence-electron chi connectivity index (χ4n) is 2.79. The molecule has 21 heavy (non-hydrogen) atoms. The lowest BCUT2D eigenvalue weighted by Crippen LogP contribution is -2.39. The van der Waals surface area contributed by atoms with Gasteiger partial charge in [-0.15, -0.1) is 0 Å². The Morgan fingerprint density at radius 2 is 2.00 bits per heavy atom. The number of aromatic nitrogens is 2. The monoisotopic (exact) mass is 293 g/mol. The van der Waals surface area contributed by atoms with Crippen LogP contribution in [0.4, 0.5) is 10.5 Å². The average molecular weight is 293 g/mol. The van der Waals surface area contributed by atoms with E-state index in [2.05, 4.69) is 15.7 Å². The maximum Gasteiger partial charge on any atom is 0.319 e. The fourth-order valence-corrected chi connectivity index (χ4v) is 2.79. The van der Waals surface area contributed by atoms with E-state index in [1.807, 2.05) is 6.92 Å². The van der Waals surface area contributed by atoms with Gasteiger partial charge < -0.3 is 16.4 Å². The largest absolute Gasteiger partial charge is 0.364 e. The Morgan fingerprint density at radius 1 is 1.33 bits per heavy atom. The Bertz CT molecular complexity index is 532. The van der Waals surface area contributed by atoms with Gasteiger partial charge in [-0.25, -0.2) is 4.79 Å². The highest BCUT2D eigenvalue weighted by Crippen LogP contribution is 2.21. The van der Waals surface area contributed by atoms with E-state index in [1.165, 1.54) is 11.1 Å². The summed E-state index contributed by atoms with van der Waals surface area (Å²) in [6.07, 6.45) is 5.52. The van der Waals surface area contributed by atoms with Crippen molar-refractivity contribution < 1.29 is 9.59 Å². The van der Waals surface area contributed by atoms with Gasteiger partial charge in [-0.05, 0) is 26.7 Å². The molecule has 0 unspecified atom stereocenters. The van der Waals surface area contributed by atoms with Crippen molar-refractivity contribution in [2.24, 2.45) is 5.73 Å². The lowest BCUT2D eigenvalue weighted by Gasteiger charge is -2.22. The second-order valence-electron chi connectivity index (χ2n) is 5.42. The molecule has 0 saturated heterocycles. The van der Waals surface area contributed by atoms with Gasteiger partial charge in [-0.1, -0.05) is 19.3 Å². The van der Waals surface area contributed by atoms with Crippen LogP contribution < -0.4 is 16.4 Å². The van der Waals surface area contributed by atoms with E-state index >= 15 is 0 Å². The zero-order chi connectivity index (χ0) is 15.4. The van der Waals surface area contributed by atoms with Gasteiger partial charge in [0.05, 0.1) is 11.4 Å². The van der Waals surface area contributed by atoms with Crippen LogP contribution in [0.1, 0.15) is 55.2 Å². The summed E-state index contributed by atoms with van der Waals surface area (Å²) in [5, 5.41) is 9.90. The summed E-state index contributed by atoms with van der Waals surface area (Å²) in [5.41, 5.74) is 6.63. The quantitative estimate of drug-likeness (QED) is 0.788. The van der Waals surface area contributed by atoms with E-state index in [1.54, 1.807) is 6.92 Å². The van der Waals surface area contributed by atoms with Gasteiger partial charge in [0.1, 0.15) is 5.69 Å². The standard InChI is InChI=1S/C14H23N5O2/c1-3-19-12(13(15)20)11(9(2)18-19)17-14(21)16-10-7-5-4-6-8-10/h10H,3-8H2,1-2H3,(H2,15,20)(H2,16,17,21). The lowest BCUT2D eigenvalue weighted by molar-refractivity contribution is 0.0991. The SMILES string of the molecule is CCn1nc(C)c(NC(=O)NC2CCCCC2)c1C(N)=O. The first-order valence-corrected chi connectivity index (χ1v) is 7.47. The predicted octanol–water partition coefficient (Wildman–Crippen LogP) is 1.76. The maximum atomic E-state index is 12.1. The summed E-state index contributed by atoms with van der Waals surface area (Å²) in [4.78, 5) is 23.7. The molecule has 3 amide bonds. The van der Waals surface area contributed by atoms with Gasteiger partial charge in [-0.2, -0.15) is 5.10 Å². The normalized spacial score (nSPS) is 15.7. The topological polar surface area (TPSA) is 102 Å². The summed E-state index contributed by atoms with van der Waals surface area (Å²) >= 11 is 0. The molecule has 1 aliphatic carbocycles. The number of carbonyl (C=O) groups is 2. The van der Waals surface area contributed by atoms with Crippen LogP contribution in [0.2, 0.25) is 0 Å². The number of anilines is 1. The van der Waals surface area contributed by atoms with E-state index in [-0.39, 0.29) is 17.8 Å². The zero-order valence-electron chi connectivity index (χ0n) is 12.6. The van der Waals surface area contributed by atoms with Crippen molar-refractivity contribution in [1.29, 1.82) is 0 Å². The Morgan fingerprint density at radius 3 is 2.57 bits per heavy atom. The van der Waals surface area contributed by atoms with Crippen molar-refractivity contribution in [2.75, 3.05) is 5.32 Å². The Balaban J connectivity index is 2.09. The van der Waals surface area contributed by atoms with Gasteiger partial charge in [0.25, 0.3) is 5.91 Å². The van der Waals surface area contributed by atoms with E-state index in [9.17, 15) is 9.59 Å². The molecule has 116 valence electrons. The van der Waals surface area contributed by atoms with Crippen molar-refractivity contribution in [1.82, 2.24) is 15.1 Å². The minimum atomic E-state index is -0.592. The molecule has 1 heterocycles. The van der Waals surface area contributed by atoms with E-state index in [0.717, 1.165) is 25.7 Å². The second-order valence-corrected chi connectivity index (χ2v) is 5.42. The third-order valence-corrected chi connectivity index (χ3v) is 3.84. The van der Waals surface area contributed by atoms with E-state index in [4.69, 9.17) is 5.73 Å². The number of amides is 3. The van der Waals surface area contributed by atoms with Crippen molar-refractivity contribution in [2.45, 2.75) is 58.5 Å². The number of carbonyl (C=O) groups excluding carboxylic acids is 2. The van der Waals surface area contributed by atoms with Gasteiger partial charge in [0, 0.05) is 12.6 Å². The van der Waals surface area contributed by atoms with Gasteiger partial charge in [0.2, 0.25) is 0 Å². The molecule has 0 aliphatic heterocycles. The number of nitrogens with one attached hydrogen (secondary N) is 2. The van der Waals surface area contributed by atoms with Crippen LogP contribution >= 0.6 is 0 Å². The molecule has 2 rings (SSSR count). The molecule has 1 aromatic rings. The molecule has 7 nitrogen and oxygen atoms in total. The van der Waals surface area contributed by atoms with Gasteiger partial charge in [-0.3, -0.25) is 9.48 Å². The predicted molar refractivity (Wildman–Crippen MR) is 80.2 cm³/mol. The Labute approximate surface area is 124 Å². The van der Waals surface area contributed by atoms with Crippen LogP contribution in [0, 0.1) is 6.92 Å². The molecular weight excluding hydrogens is 270 g/mol. The minimum Gasteiger partial charge on any atom is -0.364 e. The first kappa shape index (κ1) is 15.3. The molecule has 1 fully saturated rings.